The summed E-state index contributed by atoms with van der Waals surface area (Å²) in [6.45, 7) is 5.78. The molecule has 1 N–H and O–H groups in total. The van der Waals surface area contributed by atoms with Crippen molar-refractivity contribution >= 4 is 28.3 Å². The summed E-state index contributed by atoms with van der Waals surface area (Å²) in [5.74, 6) is 0.400. The van der Waals surface area contributed by atoms with E-state index in [-0.39, 0.29) is 11.4 Å². The predicted octanol–water partition coefficient (Wildman–Crippen LogP) is 4.04. The highest BCUT2D eigenvalue weighted by molar-refractivity contribution is 6.32. The van der Waals surface area contributed by atoms with Gasteiger partial charge in [-0.05, 0) is 37.6 Å². The molecule has 0 heterocycles. The van der Waals surface area contributed by atoms with Crippen LogP contribution in [-0.4, -0.2) is 18.6 Å². The van der Waals surface area contributed by atoms with Gasteiger partial charge in [-0.1, -0.05) is 30.3 Å². The molecule has 2 aromatic rings. The first-order valence-corrected chi connectivity index (χ1v) is 7.29. The van der Waals surface area contributed by atoms with Crippen molar-refractivity contribution in [1.82, 2.24) is 5.32 Å². The number of benzene rings is 2. The molecule has 0 bridgehead atoms. The maximum Gasteiger partial charge on any atom is 0.243 e. The minimum absolute atomic E-state index is 0.223. The Morgan fingerprint density at radius 3 is 2.48 bits per heavy atom. The van der Waals surface area contributed by atoms with Gasteiger partial charge in [-0.15, -0.1) is 11.6 Å². The molecule has 3 nitrogen and oxygen atoms in total. The number of halogens is 1. The number of carbonyl (C=O) groups is 1. The monoisotopic (exact) mass is 305 g/mol. The summed E-state index contributed by atoms with van der Waals surface area (Å²) in [5.41, 5.74) is 0.376. The lowest BCUT2D eigenvalue weighted by atomic mass is 9.99. The zero-order valence-corrected chi connectivity index (χ0v) is 13.5. The van der Waals surface area contributed by atoms with Gasteiger partial charge in [0.05, 0.1) is 7.11 Å². The van der Waals surface area contributed by atoms with Crippen molar-refractivity contribution in [1.29, 1.82) is 0 Å². The number of carbonyl (C=O) groups excluding carboxylic acids is 1. The third-order valence-electron chi connectivity index (χ3n) is 3.13. The van der Waals surface area contributed by atoms with Crippen molar-refractivity contribution in [3.05, 3.63) is 42.0 Å². The number of amides is 1. The van der Waals surface area contributed by atoms with E-state index in [1.54, 1.807) is 7.11 Å². The van der Waals surface area contributed by atoms with Crippen LogP contribution in [0.2, 0.25) is 0 Å². The van der Waals surface area contributed by atoms with E-state index in [1.807, 2.05) is 57.2 Å². The summed E-state index contributed by atoms with van der Waals surface area (Å²) in [6.07, 6.45) is 0. The Morgan fingerprint density at radius 2 is 1.86 bits per heavy atom. The van der Waals surface area contributed by atoms with Crippen LogP contribution in [0, 0.1) is 0 Å². The van der Waals surface area contributed by atoms with Crippen LogP contribution in [-0.2, 0) is 4.79 Å². The summed E-state index contributed by atoms with van der Waals surface area (Å²) in [4.78, 5) is 12.4. The molecule has 0 aliphatic carbocycles. The highest BCUT2D eigenvalue weighted by Gasteiger charge is 2.26. The third-order valence-corrected chi connectivity index (χ3v) is 3.55. The van der Waals surface area contributed by atoms with Gasteiger partial charge in [0.2, 0.25) is 5.91 Å². The van der Waals surface area contributed by atoms with Crippen LogP contribution >= 0.6 is 11.6 Å². The number of hydrogen-bond acceptors (Lipinski definition) is 2. The molecule has 1 amide bonds. The standard InChI is InChI=1S/C17H20ClNO2/c1-17(2,3)19-16(20)15(18)14-12-8-6-5-7-11(12)9-10-13(14)21-4/h5-10,15H,1-4H3,(H,19,20). The lowest BCUT2D eigenvalue weighted by Gasteiger charge is -2.24. The quantitative estimate of drug-likeness (QED) is 0.869. The molecular weight excluding hydrogens is 286 g/mol. The Bertz CT molecular complexity index is 661. The van der Waals surface area contributed by atoms with E-state index >= 15 is 0 Å². The molecular formula is C17H20ClNO2. The molecule has 0 saturated carbocycles. The minimum Gasteiger partial charge on any atom is -0.496 e. The fourth-order valence-corrected chi connectivity index (χ4v) is 2.56. The van der Waals surface area contributed by atoms with E-state index < -0.39 is 5.38 Å². The first-order valence-electron chi connectivity index (χ1n) is 6.85. The number of alkyl halides is 1. The van der Waals surface area contributed by atoms with Crippen molar-refractivity contribution in [2.24, 2.45) is 0 Å². The summed E-state index contributed by atoms with van der Waals surface area (Å²) >= 11 is 6.43. The van der Waals surface area contributed by atoms with Crippen LogP contribution < -0.4 is 10.1 Å². The molecule has 0 aliphatic rings. The van der Waals surface area contributed by atoms with Crippen molar-refractivity contribution in [3.63, 3.8) is 0 Å². The van der Waals surface area contributed by atoms with Gasteiger partial charge in [0, 0.05) is 11.1 Å². The average Bonchev–Trinajstić information content (AvgIpc) is 2.43. The van der Waals surface area contributed by atoms with Crippen LogP contribution in [0.3, 0.4) is 0 Å². The van der Waals surface area contributed by atoms with Crippen LogP contribution in [0.4, 0.5) is 0 Å². The topological polar surface area (TPSA) is 38.3 Å². The Labute approximate surface area is 130 Å². The van der Waals surface area contributed by atoms with Crippen molar-refractivity contribution < 1.29 is 9.53 Å². The summed E-state index contributed by atoms with van der Waals surface area (Å²) in [7, 11) is 1.58. The van der Waals surface area contributed by atoms with Crippen LogP contribution in [0.25, 0.3) is 10.8 Å². The Kier molecular flexibility index (Phi) is 4.43. The van der Waals surface area contributed by atoms with E-state index in [9.17, 15) is 4.79 Å². The Hall–Kier alpha value is -1.74. The van der Waals surface area contributed by atoms with Gasteiger partial charge in [0.25, 0.3) is 0 Å². The number of fused-ring (bicyclic) bond motifs is 1. The molecule has 0 spiro atoms. The Balaban J connectivity index is 2.51. The zero-order chi connectivity index (χ0) is 15.6. The fourth-order valence-electron chi connectivity index (χ4n) is 2.28. The largest absolute Gasteiger partial charge is 0.496 e. The smallest absolute Gasteiger partial charge is 0.243 e. The molecule has 1 unspecified atom stereocenters. The molecule has 1 atom stereocenters. The van der Waals surface area contributed by atoms with E-state index in [0.29, 0.717) is 11.3 Å². The second kappa shape index (κ2) is 5.94. The number of ether oxygens (including phenoxy) is 1. The average molecular weight is 306 g/mol. The summed E-state index contributed by atoms with van der Waals surface area (Å²) in [6, 6.07) is 11.6. The van der Waals surface area contributed by atoms with Gasteiger partial charge < -0.3 is 10.1 Å². The number of nitrogens with one attached hydrogen (secondary N) is 1. The molecule has 0 radical (unpaired) electrons. The number of hydrogen-bond donors (Lipinski definition) is 1. The molecule has 21 heavy (non-hydrogen) atoms. The highest BCUT2D eigenvalue weighted by atomic mass is 35.5. The van der Waals surface area contributed by atoms with Crippen molar-refractivity contribution in [2.45, 2.75) is 31.7 Å². The normalized spacial score (nSPS) is 13.0. The van der Waals surface area contributed by atoms with E-state index in [0.717, 1.165) is 10.8 Å². The lowest BCUT2D eigenvalue weighted by Crippen LogP contribution is -2.42. The minimum atomic E-state index is -0.801. The third kappa shape index (κ3) is 3.48. The van der Waals surface area contributed by atoms with Crippen molar-refractivity contribution in [2.75, 3.05) is 7.11 Å². The maximum absolute atomic E-state index is 12.4. The first kappa shape index (κ1) is 15.6. The van der Waals surface area contributed by atoms with Gasteiger partial charge in [-0.25, -0.2) is 0 Å². The van der Waals surface area contributed by atoms with E-state index in [2.05, 4.69) is 5.32 Å². The molecule has 4 heteroatoms. The molecule has 0 aromatic heterocycles. The molecule has 0 aliphatic heterocycles. The first-order chi connectivity index (χ1) is 9.83. The molecule has 2 aromatic carbocycles. The summed E-state index contributed by atoms with van der Waals surface area (Å²) < 4.78 is 5.39. The molecule has 0 fully saturated rings. The van der Waals surface area contributed by atoms with E-state index in [1.165, 1.54) is 0 Å². The van der Waals surface area contributed by atoms with Gasteiger partial charge in [0.1, 0.15) is 11.1 Å². The van der Waals surface area contributed by atoms with Crippen LogP contribution in [0.1, 0.15) is 31.7 Å². The van der Waals surface area contributed by atoms with Crippen LogP contribution in [0.5, 0.6) is 5.75 Å². The number of rotatable bonds is 3. The second-order valence-corrected chi connectivity index (χ2v) is 6.44. The highest BCUT2D eigenvalue weighted by Crippen LogP contribution is 2.36. The zero-order valence-electron chi connectivity index (χ0n) is 12.7. The lowest BCUT2D eigenvalue weighted by molar-refractivity contribution is -0.122. The van der Waals surface area contributed by atoms with Gasteiger partial charge in [-0.3, -0.25) is 4.79 Å². The summed E-state index contributed by atoms with van der Waals surface area (Å²) in [5, 5.41) is 4.07. The Morgan fingerprint density at radius 1 is 1.19 bits per heavy atom. The predicted molar refractivity (Wildman–Crippen MR) is 87.0 cm³/mol. The van der Waals surface area contributed by atoms with Gasteiger partial charge >= 0.3 is 0 Å². The SMILES string of the molecule is COc1ccc2ccccc2c1C(Cl)C(=O)NC(C)(C)C. The van der Waals surface area contributed by atoms with Gasteiger partial charge in [-0.2, -0.15) is 0 Å². The molecule has 112 valence electrons. The number of methoxy groups -OCH3 is 1. The maximum atomic E-state index is 12.4. The van der Waals surface area contributed by atoms with Crippen LogP contribution in [0.15, 0.2) is 36.4 Å². The van der Waals surface area contributed by atoms with Gasteiger partial charge in [0.15, 0.2) is 0 Å². The van der Waals surface area contributed by atoms with Crippen molar-refractivity contribution in [3.8, 4) is 5.75 Å². The van der Waals surface area contributed by atoms with E-state index in [4.69, 9.17) is 16.3 Å². The molecule has 0 saturated heterocycles. The molecule has 2 rings (SSSR count). The second-order valence-electron chi connectivity index (χ2n) is 6.00. The fraction of sp³-hybridized carbons (Fsp3) is 0.353.